The van der Waals surface area contributed by atoms with Gasteiger partial charge in [-0.2, -0.15) is 0 Å². The highest BCUT2D eigenvalue weighted by molar-refractivity contribution is 6.30. The van der Waals surface area contributed by atoms with Gasteiger partial charge in [-0.3, -0.25) is 4.79 Å². The van der Waals surface area contributed by atoms with Gasteiger partial charge >= 0.3 is 0 Å². The van der Waals surface area contributed by atoms with Crippen molar-refractivity contribution in [2.45, 2.75) is 13.8 Å². The van der Waals surface area contributed by atoms with E-state index in [-0.39, 0.29) is 5.91 Å². The third kappa shape index (κ3) is 4.20. The summed E-state index contributed by atoms with van der Waals surface area (Å²) >= 11 is 5.89. The maximum absolute atomic E-state index is 12.1. The third-order valence-electron chi connectivity index (χ3n) is 4.02. The van der Waals surface area contributed by atoms with Crippen molar-refractivity contribution in [3.05, 3.63) is 82.6 Å². The van der Waals surface area contributed by atoms with Crippen molar-refractivity contribution in [2.24, 2.45) is 0 Å². The van der Waals surface area contributed by atoms with Crippen molar-refractivity contribution in [1.82, 2.24) is 0 Å². The first-order valence-electron chi connectivity index (χ1n) is 7.94. The van der Waals surface area contributed by atoms with Gasteiger partial charge in [-0.15, -0.1) is 0 Å². The molecule has 3 rings (SSSR count). The summed E-state index contributed by atoms with van der Waals surface area (Å²) in [5, 5.41) is 3.56. The summed E-state index contributed by atoms with van der Waals surface area (Å²) in [7, 11) is 0. The van der Waals surface area contributed by atoms with Gasteiger partial charge in [0.25, 0.3) is 0 Å². The highest BCUT2D eigenvalue weighted by Crippen LogP contribution is 2.24. The molecule has 0 spiro atoms. The van der Waals surface area contributed by atoms with Gasteiger partial charge in [-0.1, -0.05) is 23.7 Å². The van der Waals surface area contributed by atoms with Crippen molar-refractivity contribution in [2.75, 3.05) is 5.32 Å². The Bertz CT molecular complexity index is 923. The van der Waals surface area contributed by atoms with Gasteiger partial charge in [0.15, 0.2) is 0 Å². The summed E-state index contributed by atoms with van der Waals surface area (Å²) in [5.74, 6) is 1.14. The predicted octanol–water partition coefficient (Wildman–Crippen LogP) is 5.87. The number of hydrogen-bond acceptors (Lipinski definition) is 2. The Morgan fingerprint density at radius 1 is 1.04 bits per heavy atom. The fraction of sp³-hybridized carbons (Fsp3) is 0.0952. The molecule has 0 fully saturated rings. The Balaban J connectivity index is 1.69. The molecule has 1 heterocycles. The van der Waals surface area contributed by atoms with E-state index in [0.29, 0.717) is 10.8 Å². The average molecular weight is 352 g/mol. The zero-order chi connectivity index (χ0) is 17.8. The van der Waals surface area contributed by atoms with E-state index in [1.165, 1.54) is 6.08 Å². The van der Waals surface area contributed by atoms with Crippen LogP contribution in [0.3, 0.4) is 0 Å². The van der Waals surface area contributed by atoms with Crippen molar-refractivity contribution >= 4 is 29.3 Å². The second-order valence-electron chi connectivity index (χ2n) is 5.78. The molecule has 3 aromatic rings. The Morgan fingerprint density at radius 2 is 1.80 bits per heavy atom. The number of anilines is 1. The molecule has 0 aliphatic heterocycles. The number of carbonyl (C=O) groups excluding carboxylic acids is 1. The van der Waals surface area contributed by atoms with Crippen LogP contribution >= 0.6 is 11.6 Å². The zero-order valence-corrected chi connectivity index (χ0v) is 14.8. The van der Waals surface area contributed by atoms with Crippen molar-refractivity contribution in [1.29, 1.82) is 0 Å². The normalized spacial score (nSPS) is 11.0. The second-order valence-corrected chi connectivity index (χ2v) is 6.22. The van der Waals surface area contributed by atoms with E-state index in [2.05, 4.69) is 5.32 Å². The number of benzene rings is 2. The van der Waals surface area contributed by atoms with Gasteiger partial charge in [0.05, 0.1) is 0 Å². The van der Waals surface area contributed by atoms with E-state index in [1.807, 2.05) is 68.4 Å². The molecule has 1 amide bonds. The summed E-state index contributed by atoms with van der Waals surface area (Å²) in [6, 6.07) is 16.9. The number of amides is 1. The lowest BCUT2D eigenvalue weighted by molar-refractivity contribution is -0.111. The van der Waals surface area contributed by atoms with Crippen molar-refractivity contribution in [3.8, 4) is 11.3 Å². The van der Waals surface area contributed by atoms with Crippen LogP contribution in [0.15, 0.2) is 65.1 Å². The Labute approximate surface area is 151 Å². The maximum Gasteiger partial charge on any atom is 0.248 e. The predicted molar refractivity (Wildman–Crippen MR) is 103 cm³/mol. The molecule has 3 nitrogen and oxygen atoms in total. The van der Waals surface area contributed by atoms with Crippen molar-refractivity contribution < 1.29 is 9.21 Å². The summed E-state index contributed by atoms with van der Waals surface area (Å²) in [5.41, 5.74) is 3.95. The molecule has 0 radical (unpaired) electrons. The number of aryl methyl sites for hydroxylation is 1. The Kier molecular flexibility index (Phi) is 5.05. The number of hydrogen-bond donors (Lipinski definition) is 1. The van der Waals surface area contributed by atoms with Crippen LogP contribution in [0.1, 0.15) is 16.9 Å². The number of rotatable bonds is 4. The van der Waals surface area contributed by atoms with Crippen LogP contribution in [0.2, 0.25) is 5.02 Å². The molecular weight excluding hydrogens is 334 g/mol. The largest absolute Gasteiger partial charge is 0.457 e. The topological polar surface area (TPSA) is 42.2 Å². The molecule has 0 saturated carbocycles. The number of furan rings is 1. The van der Waals surface area contributed by atoms with Crippen LogP contribution in [0.5, 0.6) is 0 Å². The molecule has 0 bridgehead atoms. The van der Waals surface area contributed by atoms with Gasteiger partial charge in [0.2, 0.25) is 5.91 Å². The van der Waals surface area contributed by atoms with E-state index < -0.39 is 0 Å². The van der Waals surface area contributed by atoms with Crippen LogP contribution in [-0.4, -0.2) is 5.91 Å². The Morgan fingerprint density at radius 3 is 2.56 bits per heavy atom. The van der Waals surface area contributed by atoms with E-state index in [4.69, 9.17) is 16.0 Å². The highest BCUT2D eigenvalue weighted by Gasteiger charge is 2.05. The van der Waals surface area contributed by atoms with E-state index in [0.717, 1.165) is 28.1 Å². The lowest BCUT2D eigenvalue weighted by Gasteiger charge is -2.08. The molecule has 0 aliphatic rings. The third-order valence-corrected chi connectivity index (χ3v) is 4.27. The number of nitrogens with one attached hydrogen (secondary N) is 1. The molecule has 4 heteroatoms. The first kappa shape index (κ1) is 17.1. The first-order chi connectivity index (χ1) is 12.0. The molecule has 0 atom stereocenters. The van der Waals surface area contributed by atoms with Crippen LogP contribution < -0.4 is 5.32 Å². The minimum absolute atomic E-state index is 0.196. The molecular formula is C21H18ClNO2. The molecule has 25 heavy (non-hydrogen) atoms. The zero-order valence-electron chi connectivity index (χ0n) is 14.0. The molecule has 126 valence electrons. The summed E-state index contributed by atoms with van der Waals surface area (Å²) in [6.45, 7) is 4.00. The molecule has 2 aromatic carbocycles. The highest BCUT2D eigenvalue weighted by atomic mass is 35.5. The van der Waals surface area contributed by atoms with Crippen LogP contribution in [0, 0.1) is 13.8 Å². The van der Waals surface area contributed by atoms with Gasteiger partial charge in [0, 0.05) is 22.3 Å². The minimum atomic E-state index is -0.196. The van der Waals surface area contributed by atoms with Gasteiger partial charge in [0.1, 0.15) is 11.5 Å². The minimum Gasteiger partial charge on any atom is -0.457 e. The lowest BCUT2D eigenvalue weighted by Crippen LogP contribution is -2.09. The monoisotopic (exact) mass is 351 g/mol. The quantitative estimate of drug-likeness (QED) is 0.597. The molecule has 1 N–H and O–H groups in total. The SMILES string of the molecule is Cc1cccc(NC(=O)C=Cc2ccc(-c3ccc(Cl)cc3)o2)c1C. The summed E-state index contributed by atoms with van der Waals surface area (Å²) < 4.78 is 5.74. The number of halogens is 1. The maximum atomic E-state index is 12.1. The first-order valence-corrected chi connectivity index (χ1v) is 8.32. The smallest absolute Gasteiger partial charge is 0.248 e. The number of carbonyl (C=O) groups is 1. The Hall–Kier alpha value is -2.78. The molecule has 0 saturated heterocycles. The van der Waals surface area contributed by atoms with E-state index in [9.17, 15) is 4.79 Å². The molecule has 0 aliphatic carbocycles. The van der Waals surface area contributed by atoms with Crippen molar-refractivity contribution in [3.63, 3.8) is 0 Å². The standard InChI is InChI=1S/C21H18ClNO2/c1-14-4-3-5-19(15(14)2)23-21(24)13-11-18-10-12-20(25-18)16-6-8-17(22)9-7-16/h3-13H,1-2H3,(H,23,24). The van der Waals surface area contributed by atoms with E-state index >= 15 is 0 Å². The van der Waals surface area contributed by atoms with Crippen LogP contribution in [0.25, 0.3) is 17.4 Å². The summed E-state index contributed by atoms with van der Waals surface area (Å²) in [4.78, 5) is 12.1. The van der Waals surface area contributed by atoms with Crippen LogP contribution in [0.4, 0.5) is 5.69 Å². The van der Waals surface area contributed by atoms with Crippen LogP contribution in [-0.2, 0) is 4.79 Å². The van der Waals surface area contributed by atoms with Gasteiger partial charge < -0.3 is 9.73 Å². The fourth-order valence-corrected chi connectivity index (χ4v) is 2.56. The summed E-state index contributed by atoms with van der Waals surface area (Å²) in [6.07, 6.45) is 3.12. The van der Waals surface area contributed by atoms with Gasteiger partial charge in [-0.25, -0.2) is 0 Å². The van der Waals surface area contributed by atoms with Gasteiger partial charge in [-0.05, 0) is 73.5 Å². The second kappa shape index (κ2) is 7.41. The lowest BCUT2D eigenvalue weighted by atomic mass is 10.1. The molecule has 1 aromatic heterocycles. The average Bonchev–Trinajstić information content (AvgIpc) is 3.07. The fourth-order valence-electron chi connectivity index (χ4n) is 2.43. The van der Waals surface area contributed by atoms with E-state index in [1.54, 1.807) is 6.08 Å². The molecule has 0 unspecified atom stereocenters.